The molecule has 208 valence electrons. The van der Waals surface area contributed by atoms with Crippen LogP contribution >= 0.6 is 0 Å². The quantitative estimate of drug-likeness (QED) is 0.140. The normalized spacial score (nSPS) is 11.4. The van der Waals surface area contributed by atoms with E-state index in [2.05, 4.69) is 21.3 Å². The summed E-state index contributed by atoms with van der Waals surface area (Å²) in [6, 6.07) is 25.5. The van der Waals surface area contributed by atoms with Crippen molar-refractivity contribution < 1.29 is 30.7 Å². The molecule has 40 heavy (non-hydrogen) atoms. The molecular weight excluding hydrogens is 556 g/mol. The molecule has 2 amide bonds. The van der Waals surface area contributed by atoms with Gasteiger partial charge in [0.2, 0.25) is 0 Å². The second-order valence-electron chi connectivity index (χ2n) is 8.68. The first-order chi connectivity index (χ1) is 19.0. The van der Waals surface area contributed by atoms with E-state index in [-0.39, 0.29) is 9.79 Å². The topological polar surface area (TPSA) is 174 Å². The molecule has 0 aromatic heterocycles. The van der Waals surface area contributed by atoms with Crippen molar-refractivity contribution in [2.45, 2.75) is 22.9 Å². The third-order valence-electron chi connectivity index (χ3n) is 5.72. The molecule has 11 nitrogen and oxygen atoms in total. The Labute approximate surface area is 231 Å². The van der Waals surface area contributed by atoms with Crippen molar-refractivity contribution in [2.75, 3.05) is 21.3 Å². The number of anilines is 4. The number of benzene rings is 4. The van der Waals surface area contributed by atoms with Gasteiger partial charge in [0.05, 0.1) is 9.79 Å². The maximum atomic E-state index is 12.4. The number of nitrogens with one attached hydrogen (secondary N) is 4. The van der Waals surface area contributed by atoms with Crippen molar-refractivity contribution in [3.8, 4) is 0 Å². The van der Waals surface area contributed by atoms with Gasteiger partial charge in [0, 0.05) is 35.8 Å². The van der Waals surface area contributed by atoms with Gasteiger partial charge in [0.1, 0.15) is 0 Å². The lowest BCUT2D eigenvalue weighted by Gasteiger charge is -2.11. The Kier molecular flexibility index (Phi) is 8.70. The van der Waals surface area contributed by atoms with E-state index in [1.807, 2.05) is 24.3 Å². The molecule has 4 rings (SSSR count). The highest BCUT2D eigenvalue weighted by molar-refractivity contribution is 7.86. The largest absolute Gasteiger partial charge is 0.381 e. The maximum Gasteiger partial charge on any atom is 0.323 e. The molecule has 13 heteroatoms. The highest BCUT2D eigenvalue weighted by atomic mass is 32.2. The number of hydrogen-bond acceptors (Lipinski definition) is 7. The highest BCUT2D eigenvalue weighted by Crippen LogP contribution is 2.18. The van der Waals surface area contributed by atoms with Crippen molar-refractivity contribution in [3.63, 3.8) is 0 Å². The molecule has 0 aliphatic carbocycles. The predicted octanol–water partition coefficient (Wildman–Crippen LogP) is 5.05. The van der Waals surface area contributed by atoms with Crippen molar-refractivity contribution in [1.29, 1.82) is 0 Å². The Morgan fingerprint density at radius 2 is 0.800 bits per heavy atom. The summed E-state index contributed by atoms with van der Waals surface area (Å²) in [5, 5.41) is 11.8. The van der Waals surface area contributed by atoms with Crippen LogP contribution in [0.2, 0.25) is 0 Å². The van der Waals surface area contributed by atoms with Crippen molar-refractivity contribution in [2.24, 2.45) is 0 Å². The van der Waals surface area contributed by atoms with Crippen molar-refractivity contribution in [1.82, 2.24) is 0 Å². The van der Waals surface area contributed by atoms with E-state index in [4.69, 9.17) is 9.11 Å². The van der Waals surface area contributed by atoms with Crippen LogP contribution in [-0.2, 0) is 33.3 Å². The molecule has 0 bridgehead atoms. The van der Waals surface area contributed by atoms with Gasteiger partial charge in [-0.2, -0.15) is 16.8 Å². The second kappa shape index (κ2) is 12.2. The lowest BCUT2D eigenvalue weighted by molar-refractivity contribution is 0.262. The molecule has 4 aromatic rings. The van der Waals surface area contributed by atoms with Gasteiger partial charge in [-0.15, -0.1) is 0 Å². The fourth-order valence-corrected chi connectivity index (χ4v) is 4.56. The summed E-state index contributed by atoms with van der Waals surface area (Å²) >= 11 is 0. The molecule has 0 fully saturated rings. The summed E-state index contributed by atoms with van der Waals surface area (Å²) < 4.78 is 62.6. The number of rotatable bonds is 10. The lowest BCUT2D eigenvalue weighted by Crippen LogP contribution is -2.19. The molecule has 0 heterocycles. The first-order valence-electron chi connectivity index (χ1n) is 11.8. The van der Waals surface area contributed by atoms with E-state index in [0.717, 1.165) is 11.1 Å². The zero-order chi connectivity index (χ0) is 28.8. The molecular formula is C27H26N4O7S2. The molecule has 0 spiro atoms. The van der Waals surface area contributed by atoms with E-state index in [9.17, 15) is 21.6 Å². The average Bonchev–Trinajstić information content (AvgIpc) is 2.92. The van der Waals surface area contributed by atoms with E-state index < -0.39 is 26.3 Å². The minimum atomic E-state index is -4.23. The summed E-state index contributed by atoms with van der Waals surface area (Å²) in [5.74, 6) is 0. The fourth-order valence-electron chi connectivity index (χ4n) is 3.60. The van der Waals surface area contributed by atoms with Crippen LogP contribution in [0.15, 0.2) is 107 Å². The minimum Gasteiger partial charge on any atom is -0.381 e. The molecule has 0 radical (unpaired) electrons. The highest BCUT2D eigenvalue weighted by Gasteiger charge is 2.09. The van der Waals surface area contributed by atoms with Crippen LogP contribution in [0, 0.1) is 0 Å². The van der Waals surface area contributed by atoms with Gasteiger partial charge in [-0.1, -0.05) is 24.3 Å². The van der Waals surface area contributed by atoms with Crippen molar-refractivity contribution >= 4 is 49.0 Å². The number of carbonyl (C=O) groups is 1. The summed E-state index contributed by atoms with van der Waals surface area (Å²) in [6.07, 6.45) is 0. The van der Waals surface area contributed by atoms with Crippen LogP contribution < -0.4 is 21.3 Å². The molecule has 0 saturated heterocycles. The third-order valence-corrected chi connectivity index (χ3v) is 7.46. The summed E-state index contributed by atoms with van der Waals surface area (Å²) in [4.78, 5) is 12.0. The predicted molar refractivity (Wildman–Crippen MR) is 153 cm³/mol. The molecule has 4 aromatic carbocycles. The van der Waals surface area contributed by atoms with Crippen LogP contribution in [-0.4, -0.2) is 32.0 Å². The smallest absolute Gasteiger partial charge is 0.323 e. The summed E-state index contributed by atoms with van der Waals surface area (Å²) in [6.45, 7) is 0.934. The molecule has 0 saturated carbocycles. The fraction of sp³-hybridized carbons (Fsp3) is 0.0741. The van der Waals surface area contributed by atoms with Gasteiger partial charge in [0.15, 0.2) is 0 Å². The zero-order valence-electron chi connectivity index (χ0n) is 20.9. The van der Waals surface area contributed by atoms with Crippen LogP contribution in [0.1, 0.15) is 11.1 Å². The lowest BCUT2D eigenvalue weighted by atomic mass is 10.2. The van der Waals surface area contributed by atoms with Gasteiger partial charge in [0.25, 0.3) is 20.2 Å². The molecule has 0 unspecified atom stereocenters. The molecule has 0 aliphatic rings. The number of hydrogen-bond donors (Lipinski definition) is 6. The van der Waals surface area contributed by atoms with Gasteiger partial charge >= 0.3 is 6.03 Å². The second-order valence-corrected chi connectivity index (χ2v) is 11.5. The number of urea groups is 1. The summed E-state index contributed by atoms with van der Waals surface area (Å²) in [5.41, 5.74) is 4.43. The van der Waals surface area contributed by atoms with E-state index in [1.165, 1.54) is 24.3 Å². The molecule has 0 atom stereocenters. The Morgan fingerprint density at radius 1 is 0.500 bits per heavy atom. The number of amides is 2. The third kappa shape index (κ3) is 8.28. The van der Waals surface area contributed by atoms with E-state index in [1.54, 1.807) is 48.5 Å². The Hall–Kier alpha value is -4.43. The van der Waals surface area contributed by atoms with Crippen LogP contribution in [0.5, 0.6) is 0 Å². The van der Waals surface area contributed by atoms with Gasteiger partial charge in [-0.3, -0.25) is 9.11 Å². The van der Waals surface area contributed by atoms with Crippen LogP contribution in [0.4, 0.5) is 27.5 Å². The Morgan fingerprint density at radius 3 is 1.10 bits per heavy atom. The molecule has 6 N–H and O–H groups in total. The van der Waals surface area contributed by atoms with Gasteiger partial charge < -0.3 is 21.3 Å². The maximum absolute atomic E-state index is 12.4. The SMILES string of the molecule is O=C(Nc1ccc(CNc2ccc(S(=O)(=O)O)cc2)cc1)Nc1ccc(CNc2ccc(S(=O)(=O)O)cc2)cc1. The van der Waals surface area contributed by atoms with Crippen LogP contribution in [0.3, 0.4) is 0 Å². The molecule has 0 aliphatic heterocycles. The standard InChI is InChI=1S/C27H26N4O7S2/c32-27(30-23-5-1-19(2-6-23)17-28-21-9-13-25(14-10-21)39(33,34)35)31-24-7-3-20(4-8-24)18-29-22-11-15-26(16-12-22)40(36,37)38/h1-16,28-29H,17-18H2,(H2,30,31,32)(H,33,34,35)(H,36,37,38). The number of carbonyl (C=O) groups excluding carboxylic acids is 1. The van der Waals surface area contributed by atoms with E-state index in [0.29, 0.717) is 35.8 Å². The van der Waals surface area contributed by atoms with E-state index >= 15 is 0 Å². The first-order valence-corrected chi connectivity index (χ1v) is 14.7. The van der Waals surface area contributed by atoms with Crippen LogP contribution in [0.25, 0.3) is 0 Å². The van der Waals surface area contributed by atoms with Gasteiger partial charge in [-0.25, -0.2) is 4.79 Å². The summed E-state index contributed by atoms with van der Waals surface area (Å²) in [7, 11) is -8.46. The minimum absolute atomic E-state index is 0.177. The Bertz CT molecular complexity index is 1550. The zero-order valence-corrected chi connectivity index (χ0v) is 22.5. The average molecular weight is 583 g/mol. The monoisotopic (exact) mass is 582 g/mol. The van der Waals surface area contributed by atoms with Crippen molar-refractivity contribution in [3.05, 3.63) is 108 Å². The van der Waals surface area contributed by atoms with Gasteiger partial charge in [-0.05, 0) is 83.9 Å². The first kappa shape index (κ1) is 28.6. The Balaban J connectivity index is 1.22.